The lowest BCUT2D eigenvalue weighted by molar-refractivity contribution is 0.0965. The molecule has 0 spiro atoms. The van der Waals surface area contributed by atoms with Gasteiger partial charge < -0.3 is 5.32 Å². The van der Waals surface area contributed by atoms with E-state index in [1.54, 1.807) is 0 Å². The number of carbonyl (C=O) groups excluding carboxylic acids is 1. The standard InChI is InChI=1S/C15H19F2NO/c16-13-7-6-11(9-14(13)17)15(19)10-12-5-3-1-2-4-8-18-12/h6-7,9,12,18H,1-5,8,10H2. The van der Waals surface area contributed by atoms with Crippen molar-refractivity contribution in [3.63, 3.8) is 0 Å². The van der Waals surface area contributed by atoms with E-state index in [2.05, 4.69) is 5.32 Å². The summed E-state index contributed by atoms with van der Waals surface area (Å²) in [5.41, 5.74) is 0.253. The zero-order valence-electron chi connectivity index (χ0n) is 10.9. The van der Waals surface area contributed by atoms with Gasteiger partial charge in [0, 0.05) is 18.0 Å². The Morgan fingerprint density at radius 1 is 1.16 bits per heavy atom. The number of nitrogens with one attached hydrogen (secondary N) is 1. The predicted octanol–water partition coefficient (Wildman–Crippen LogP) is 3.46. The molecule has 2 nitrogen and oxygen atoms in total. The minimum atomic E-state index is -0.962. The first-order valence-corrected chi connectivity index (χ1v) is 6.88. The first-order chi connectivity index (χ1) is 9.16. The third kappa shape index (κ3) is 4.10. The number of hydrogen-bond acceptors (Lipinski definition) is 2. The lowest BCUT2D eigenvalue weighted by Crippen LogP contribution is -2.33. The second kappa shape index (κ2) is 6.75. The summed E-state index contributed by atoms with van der Waals surface area (Å²) in [6, 6.07) is 3.50. The van der Waals surface area contributed by atoms with Crippen molar-refractivity contribution in [2.24, 2.45) is 0 Å². The van der Waals surface area contributed by atoms with Gasteiger partial charge >= 0.3 is 0 Å². The van der Waals surface area contributed by atoms with Gasteiger partial charge in [-0.2, -0.15) is 0 Å². The lowest BCUT2D eigenvalue weighted by Gasteiger charge is -2.20. The Balaban J connectivity index is 1.96. The van der Waals surface area contributed by atoms with Gasteiger partial charge in [-0.3, -0.25) is 4.79 Å². The van der Waals surface area contributed by atoms with Crippen LogP contribution in [-0.2, 0) is 0 Å². The molecule has 1 unspecified atom stereocenters. The molecule has 104 valence electrons. The molecule has 1 aromatic carbocycles. The minimum Gasteiger partial charge on any atom is -0.314 e. The summed E-state index contributed by atoms with van der Waals surface area (Å²) in [7, 11) is 0. The minimum absolute atomic E-state index is 0.128. The van der Waals surface area contributed by atoms with Crippen LogP contribution in [0.2, 0.25) is 0 Å². The summed E-state index contributed by atoms with van der Waals surface area (Å²) < 4.78 is 25.9. The fourth-order valence-corrected chi connectivity index (χ4v) is 2.46. The topological polar surface area (TPSA) is 29.1 Å². The molecule has 2 rings (SSSR count). The van der Waals surface area contributed by atoms with E-state index in [-0.39, 0.29) is 17.4 Å². The van der Waals surface area contributed by atoms with E-state index in [1.165, 1.54) is 18.9 Å². The summed E-state index contributed by atoms with van der Waals surface area (Å²) in [6.07, 6.45) is 6.01. The van der Waals surface area contributed by atoms with Crippen molar-refractivity contribution in [3.05, 3.63) is 35.4 Å². The van der Waals surface area contributed by atoms with E-state index in [0.717, 1.165) is 37.9 Å². The van der Waals surface area contributed by atoms with Gasteiger partial charge in [0.1, 0.15) is 0 Å². The van der Waals surface area contributed by atoms with Crippen molar-refractivity contribution in [3.8, 4) is 0 Å². The Hall–Kier alpha value is -1.29. The Labute approximate surface area is 112 Å². The summed E-state index contributed by atoms with van der Waals surface area (Å²) in [5.74, 6) is -2.01. The number of rotatable bonds is 3. The maximum atomic E-state index is 13.1. The molecule has 1 aromatic rings. The first kappa shape index (κ1) is 14.1. The quantitative estimate of drug-likeness (QED) is 0.850. The van der Waals surface area contributed by atoms with Gasteiger partial charge in [-0.05, 0) is 37.6 Å². The normalized spacial score (nSPS) is 20.6. The molecule has 0 aromatic heterocycles. The van der Waals surface area contributed by atoms with Crippen LogP contribution in [-0.4, -0.2) is 18.4 Å². The Kier molecular flexibility index (Phi) is 5.02. The summed E-state index contributed by atoms with van der Waals surface area (Å²) in [4.78, 5) is 12.0. The fraction of sp³-hybridized carbons (Fsp3) is 0.533. The first-order valence-electron chi connectivity index (χ1n) is 6.88. The van der Waals surface area contributed by atoms with Crippen LogP contribution in [0.5, 0.6) is 0 Å². The van der Waals surface area contributed by atoms with E-state index in [0.29, 0.717) is 6.42 Å². The highest BCUT2D eigenvalue weighted by Gasteiger charge is 2.17. The average molecular weight is 267 g/mol. The number of benzene rings is 1. The van der Waals surface area contributed by atoms with E-state index in [9.17, 15) is 13.6 Å². The van der Waals surface area contributed by atoms with Crippen LogP contribution in [0.1, 0.15) is 48.9 Å². The van der Waals surface area contributed by atoms with Gasteiger partial charge in [-0.25, -0.2) is 8.78 Å². The van der Waals surface area contributed by atoms with Crippen molar-refractivity contribution in [2.75, 3.05) is 6.54 Å². The van der Waals surface area contributed by atoms with Gasteiger partial charge in [0.15, 0.2) is 17.4 Å². The van der Waals surface area contributed by atoms with Gasteiger partial charge in [0.2, 0.25) is 0 Å². The van der Waals surface area contributed by atoms with Gasteiger partial charge in [-0.15, -0.1) is 0 Å². The molecular weight excluding hydrogens is 248 g/mol. The molecule has 0 amide bonds. The lowest BCUT2D eigenvalue weighted by atomic mass is 9.97. The van der Waals surface area contributed by atoms with Crippen LogP contribution in [0, 0.1) is 11.6 Å². The van der Waals surface area contributed by atoms with E-state index < -0.39 is 11.6 Å². The third-order valence-corrected chi connectivity index (χ3v) is 3.59. The molecule has 0 saturated carbocycles. The van der Waals surface area contributed by atoms with Crippen molar-refractivity contribution in [2.45, 2.75) is 44.6 Å². The highest BCUT2D eigenvalue weighted by atomic mass is 19.2. The molecule has 1 aliphatic heterocycles. The third-order valence-electron chi connectivity index (χ3n) is 3.59. The molecule has 0 aliphatic carbocycles. The number of halogens is 2. The molecule has 19 heavy (non-hydrogen) atoms. The largest absolute Gasteiger partial charge is 0.314 e. The maximum Gasteiger partial charge on any atom is 0.164 e. The van der Waals surface area contributed by atoms with Crippen LogP contribution in [0.25, 0.3) is 0 Å². The van der Waals surface area contributed by atoms with Crippen molar-refractivity contribution >= 4 is 5.78 Å². The molecule has 1 N–H and O–H groups in total. The number of carbonyl (C=O) groups is 1. The predicted molar refractivity (Wildman–Crippen MR) is 70.2 cm³/mol. The second-order valence-electron chi connectivity index (χ2n) is 5.11. The average Bonchev–Trinajstić information content (AvgIpc) is 2.35. The summed E-state index contributed by atoms with van der Waals surface area (Å²) >= 11 is 0. The van der Waals surface area contributed by atoms with Crippen LogP contribution in [0.4, 0.5) is 8.78 Å². The highest BCUT2D eigenvalue weighted by Crippen LogP contribution is 2.16. The van der Waals surface area contributed by atoms with E-state index in [1.807, 2.05) is 0 Å². The van der Waals surface area contributed by atoms with Crippen molar-refractivity contribution in [1.82, 2.24) is 5.32 Å². The van der Waals surface area contributed by atoms with Gasteiger partial charge in [0.25, 0.3) is 0 Å². The molecule has 1 saturated heterocycles. The van der Waals surface area contributed by atoms with Crippen LogP contribution >= 0.6 is 0 Å². The van der Waals surface area contributed by atoms with Crippen molar-refractivity contribution < 1.29 is 13.6 Å². The zero-order valence-corrected chi connectivity index (χ0v) is 10.9. The molecule has 1 atom stereocenters. The zero-order chi connectivity index (χ0) is 13.7. The molecular formula is C15H19F2NO. The van der Waals surface area contributed by atoms with Crippen LogP contribution in [0.3, 0.4) is 0 Å². The highest BCUT2D eigenvalue weighted by molar-refractivity contribution is 5.96. The summed E-state index contributed by atoms with van der Waals surface area (Å²) in [6.45, 7) is 0.926. The number of Topliss-reactive ketones (excluding diaryl/α,β-unsaturated/α-hetero) is 1. The summed E-state index contributed by atoms with van der Waals surface area (Å²) in [5, 5.41) is 3.36. The number of ketones is 1. The van der Waals surface area contributed by atoms with E-state index in [4.69, 9.17) is 0 Å². The molecule has 1 aliphatic rings. The Morgan fingerprint density at radius 3 is 2.74 bits per heavy atom. The maximum absolute atomic E-state index is 13.1. The van der Waals surface area contributed by atoms with Crippen molar-refractivity contribution in [1.29, 1.82) is 0 Å². The van der Waals surface area contributed by atoms with E-state index >= 15 is 0 Å². The SMILES string of the molecule is O=C(CC1CCCCCCN1)c1ccc(F)c(F)c1. The smallest absolute Gasteiger partial charge is 0.164 e. The fourth-order valence-electron chi connectivity index (χ4n) is 2.46. The monoisotopic (exact) mass is 267 g/mol. The molecule has 0 bridgehead atoms. The van der Waals surface area contributed by atoms with Crippen LogP contribution in [0.15, 0.2) is 18.2 Å². The molecule has 0 radical (unpaired) electrons. The molecule has 1 fully saturated rings. The number of hydrogen-bond donors (Lipinski definition) is 1. The van der Waals surface area contributed by atoms with Gasteiger partial charge in [-0.1, -0.05) is 19.3 Å². The molecule has 1 heterocycles. The van der Waals surface area contributed by atoms with Crippen LogP contribution < -0.4 is 5.32 Å². The Bertz CT molecular complexity index is 440. The van der Waals surface area contributed by atoms with Gasteiger partial charge in [0.05, 0.1) is 0 Å². The Morgan fingerprint density at radius 2 is 1.95 bits per heavy atom. The molecule has 4 heteroatoms. The second-order valence-corrected chi connectivity index (χ2v) is 5.11.